The van der Waals surface area contributed by atoms with Crippen LogP contribution in [-0.4, -0.2) is 29.9 Å². The highest BCUT2D eigenvalue weighted by Gasteiger charge is 2.11. The Hall–Kier alpha value is -3.60. The molecule has 6 nitrogen and oxygen atoms in total. The van der Waals surface area contributed by atoms with Gasteiger partial charge >= 0.3 is 0 Å². The predicted molar refractivity (Wildman–Crippen MR) is 97.8 cm³/mol. The van der Waals surface area contributed by atoms with Gasteiger partial charge in [0.1, 0.15) is 6.07 Å². The molecule has 0 spiro atoms. The van der Waals surface area contributed by atoms with E-state index in [9.17, 15) is 13.6 Å². The van der Waals surface area contributed by atoms with Gasteiger partial charge < -0.3 is 19.2 Å². The average Bonchev–Trinajstić information content (AvgIpc) is 3.12. The van der Waals surface area contributed by atoms with Crippen molar-refractivity contribution in [2.24, 2.45) is 0 Å². The van der Waals surface area contributed by atoms with Gasteiger partial charge in [-0.15, -0.1) is 0 Å². The normalized spacial score (nSPS) is 10.6. The molecule has 1 aromatic carbocycles. The number of rotatable bonds is 8. The second kappa shape index (κ2) is 8.86. The van der Waals surface area contributed by atoms with Crippen LogP contribution in [0.3, 0.4) is 0 Å². The molecule has 3 aromatic rings. The lowest BCUT2D eigenvalue weighted by Crippen LogP contribution is -2.29. The number of amides is 1. The van der Waals surface area contributed by atoms with E-state index in [4.69, 9.17) is 14.7 Å². The summed E-state index contributed by atoms with van der Waals surface area (Å²) >= 11 is 0. The summed E-state index contributed by atoms with van der Waals surface area (Å²) in [5.41, 5.74) is 1.23. The lowest BCUT2D eigenvalue weighted by atomic mass is 10.3. The van der Waals surface area contributed by atoms with Crippen LogP contribution in [0.4, 0.5) is 8.78 Å². The fraction of sp³-hybridized carbons (Fsp3) is 0.200. The molecule has 0 saturated carbocycles. The number of nitriles is 1. The second-order valence-electron chi connectivity index (χ2n) is 5.85. The fourth-order valence-electron chi connectivity index (χ4n) is 2.56. The minimum absolute atomic E-state index is 0.0172. The van der Waals surface area contributed by atoms with Crippen molar-refractivity contribution < 1.29 is 23.0 Å². The molecule has 0 fully saturated rings. The van der Waals surface area contributed by atoms with Crippen molar-refractivity contribution in [3.8, 4) is 23.3 Å². The molecule has 0 radical (unpaired) electrons. The first-order valence-corrected chi connectivity index (χ1v) is 8.52. The maximum Gasteiger partial charge on any atom is 0.255 e. The Morgan fingerprint density at radius 3 is 2.68 bits per heavy atom. The number of ether oxygens (including phenoxy) is 2. The summed E-state index contributed by atoms with van der Waals surface area (Å²) in [5, 5.41) is 11.2. The zero-order valence-electron chi connectivity index (χ0n) is 14.8. The van der Waals surface area contributed by atoms with Crippen molar-refractivity contribution >= 4 is 11.4 Å². The SMILES string of the molecule is N#Cc1cc2c(Oc3ccccc3OCCC(=O)NCC(F)F)cccn2c1. The van der Waals surface area contributed by atoms with Crippen molar-refractivity contribution in [2.45, 2.75) is 12.8 Å². The van der Waals surface area contributed by atoms with Gasteiger partial charge in [0.2, 0.25) is 5.91 Å². The number of aromatic nitrogens is 1. The number of fused-ring (bicyclic) bond motifs is 1. The van der Waals surface area contributed by atoms with E-state index in [0.717, 1.165) is 5.52 Å². The Morgan fingerprint density at radius 2 is 1.93 bits per heavy atom. The summed E-state index contributed by atoms with van der Waals surface area (Å²) in [5.74, 6) is 0.872. The van der Waals surface area contributed by atoms with Crippen molar-refractivity contribution in [1.82, 2.24) is 9.72 Å². The maximum absolute atomic E-state index is 12.1. The minimum Gasteiger partial charge on any atom is -0.489 e. The molecule has 0 bridgehead atoms. The van der Waals surface area contributed by atoms with Crippen molar-refractivity contribution in [3.63, 3.8) is 0 Å². The van der Waals surface area contributed by atoms with Crippen molar-refractivity contribution in [2.75, 3.05) is 13.2 Å². The maximum atomic E-state index is 12.1. The zero-order valence-corrected chi connectivity index (χ0v) is 14.8. The first-order chi connectivity index (χ1) is 13.6. The number of hydrogen-bond acceptors (Lipinski definition) is 4. The number of benzene rings is 1. The smallest absolute Gasteiger partial charge is 0.255 e. The molecule has 0 saturated heterocycles. The number of nitrogens with zero attached hydrogens (tertiary/aromatic N) is 2. The molecule has 144 valence electrons. The number of carbonyl (C=O) groups excluding carboxylic acids is 1. The largest absolute Gasteiger partial charge is 0.489 e. The van der Waals surface area contributed by atoms with Gasteiger partial charge in [-0.05, 0) is 30.3 Å². The summed E-state index contributed by atoms with van der Waals surface area (Å²) in [7, 11) is 0. The molecule has 2 aromatic heterocycles. The first-order valence-electron chi connectivity index (χ1n) is 8.52. The summed E-state index contributed by atoms with van der Waals surface area (Å²) in [6.45, 7) is -0.659. The molecule has 0 aliphatic heterocycles. The lowest BCUT2D eigenvalue weighted by Gasteiger charge is -2.13. The molecule has 0 atom stereocenters. The van der Waals surface area contributed by atoms with Gasteiger partial charge in [0, 0.05) is 12.4 Å². The van der Waals surface area contributed by atoms with Crippen LogP contribution in [0, 0.1) is 11.3 Å². The zero-order chi connectivity index (χ0) is 19.9. The van der Waals surface area contributed by atoms with Gasteiger partial charge in [-0.25, -0.2) is 8.78 Å². The number of nitrogens with one attached hydrogen (secondary N) is 1. The number of carbonyl (C=O) groups is 1. The molecule has 8 heteroatoms. The van der Waals surface area contributed by atoms with Gasteiger partial charge in [0.15, 0.2) is 17.2 Å². The lowest BCUT2D eigenvalue weighted by molar-refractivity contribution is -0.122. The van der Waals surface area contributed by atoms with E-state index in [1.54, 1.807) is 53.1 Å². The molecule has 0 aliphatic rings. The number of hydrogen-bond donors (Lipinski definition) is 1. The third-order valence-electron chi connectivity index (χ3n) is 3.83. The highest BCUT2D eigenvalue weighted by atomic mass is 19.3. The number of alkyl halides is 2. The van der Waals surface area contributed by atoms with E-state index in [-0.39, 0.29) is 13.0 Å². The molecule has 1 N–H and O–H groups in total. The fourth-order valence-corrected chi connectivity index (χ4v) is 2.56. The van der Waals surface area contributed by atoms with Crippen LogP contribution in [0.25, 0.3) is 5.52 Å². The second-order valence-corrected chi connectivity index (χ2v) is 5.85. The van der Waals surface area contributed by atoms with E-state index in [2.05, 4.69) is 11.4 Å². The quantitative estimate of drug-likeness (QED) is 0.641. The third-order valence-corrected chi connectivity index (χ3v) is 3.83. The van der Waals surface area contributed by atoms with Gasteiger partial charge in [-0.3, -0.25) is 4.79 Å². The molecule has 3 rings (SSSR count). The van der Waals surface area contributed by atoms with Gasteiger partial charge in [0.05, 0.1) is 30.7 Å². The Labute approximate surface area is 159 Å². The summed E-state index contributed by atoms with van der Waals surface area (Å²) in [6, 6.07) is 14.3. The van der Waals surface area contributed by atoms with E-state index in [1.807, 2.05) is 6.20 Å². The number of para-hydroxylation sites is 2. The monoisotopic (exact) mass is 385 g/mol. The van der Waals surface area contributed by atoms with Crippen LogP contribution in [0.5, 0.6) is 17.2 Å². The summed E-state index contributed by atoms with van der Waals surface area (Å²) < 4.78 is 37.5. The van der Waals surface area contributed by atoms with Crippen molar-refractivity contribution in [1.29, 1.82) is 5.26 Å². The van der Waals surface area contributed by atoms with Crippen LogP contribution in [0.2, 0.25) is 0 Å². The minimum atomic E-state index is -2.59. The van der Waals surface area contributed by atoms with Crippen molar-refractivity contribution in [3.05, 3.63) is 60.4 Å². The van der Waals surface area contributed by atoms with Crippen LogP contribution in [0.15, 0.2) is 54.9 Å². The topological polar surface area (TPSA) is 75.8 Å². The van der Waals surface area contributed by atoms with Crippen LogP contribution < -0.4 is 14.8 Å². The molecule has 0 aliphatic carbocycles. The Morgan fingerprint density at radius 1 is 1.18 bits per heavy atom. The van der Waals surface area contributed by atoms with E-state index >= 15 is 0 Å². The van der Waals surface area contributed by atoms with E-state index in [1.165, 1.54) is 0 Å². The van der Waals surface area contributed by atoms with Crippen LogP contribution in [-0.2, 0) is 4.79 Å². The number of halogens is 2. The average molecular weight is 385 g/mol. The summed E-state index contributed by atoms with van der Waals surface area (Å²) in [4.78, 5) is 11.5. The molecule has 0 unspecified atom stereocenters. The highest BCUT2D eigenvalue weighted by Crippen LogP contribution is 2.33. The van der Waals surface area contributed by atoms with Crippen LogP contribution in [0.1, 0.15) is 12.0 Å². The molecule has 28 heavy (non-hydrogen) atoms. The standard InChI is InChI=1S/C20H17F2N3O3/c21-19(22)12-24-20(26)7-9-27-17-4-1-2-5-18(17)28-16-6-3-8-25-13-14(11-23)10-15(16)25/h1-6,8,10,13,19H,7,9,12H2,(H,24,26). The highest BCUT2D eigenvalue weighted by molar-refractivity contribution is 5.76. The molecule has 2 heterocycles. The molecular weight excluding hydrogens is 368 g/mol. The van der Waals surface area contributed by atoms with Gasteiger partial charge in [-0.1, -0.05) is 12.1 Å². The Kier molecular flexibility index (Phi) is 6.07. The van der Waals surface area contributed by atoms with E-state index < -0.39 is 18.9 Å². The molecule has 1 amide bonds. The predicted octanol–water partition coefficient (Wildman–Crippen LogP) is 3.75. The van der Waals surface area contributed by atoms with E-state index in [0.29, 0.717) is 22.8 Å². The third kappa shape index (κ3) is 4.76. The Bertz CT molecular complexity index is 1010. The Balaban J connectivity index is 1.69. The van der Waals surface area contributed by atoms with Crippen LogP contribution >= 0.6 is 0 Å². The van der Waals surface area contributed by atoms with Gasteiger partial charge in [-0.2, -0.15) is 5.26 Å². The number of pyridine rings is 1. The summed E-state index contributed by atoms with van der Waals surface area (Å²) in [6.07, 6.45) is 0.865. The molecular formula is C20H17F2N3O3. The first kappa shape index (κ1) is 19.2. The van der Waals surface area contributed by atoms with Gasteiger partial charge in [0.25, 0.3) is 6.43 Å².